The highest BCUT2D eigenvalue weighted by molar-refractivity contribution is 6.31. The molecule has 3 N–H and O–H groups in total. The molecule has 1 aliphatic rings. The van der Waals surface area contributed by atoms with E-state index >= 15 is 0 Å². The van der Waals surface area contributed by atoms with Crippen molar-refractivity contribution in [3.63, 3.8) is 0 Å². The summed E-state index contributed by atoms with van der Waals surface area (Å²) in [6.45, 7) is 5.45. The smallest absolute Gasteiger partial charge is 0.207 e. The average molecular weight is 474 g/mol. The van der Waals surface area contributed by atoms with E-state index in [4.69, 9.17) is 27.1 Å². The van der Waals surface area contributed by atoms with Gasteiger partial charge in [-0.05, 0) is 24.6 Å². The first kappa shape index (κ1) is 24.6. The second-order valence-electron chi connectivity index (χ2n) is 7.65. The maximum atomic E-state index is 14.6. The summed E-state index contributed by atoms with van der Waals surface area (Å²) in [5.41, 5.74) is 9.18. The van der Waals surface area contributed by atoms with Gasteiger partial charge in [-0.25, -0.2) is 13.8 Å². The van der Waals surface area contributed by atoms with Gasteiger partial charge < -0.3 is 15.8 Å². The summed E-state index contributed by atoms with van der Waals surface area (Å²) in [4.78, 5) is 14.0. The van der Waals surface area contributed by atoms with Crippen LogP contribution in [0.25, 0.3) is 11.3 Å². The highest BCUT2D eigenvalue weighted by Crippen LogP contribution is 2.43. The summed E-state index contributed by atoms with van der Waals surface area (Å²) >= 11 is 5.91. The monoisotopic (exact) mass is 473 g/mol. The Balaban J connectivity index is 0.000000555. The summed E-state index contributed by atoms with van der Waals surface area (Å²) < 4.78 is 34.1. The molecule has 1 amide bonds. The lowest BCUT2D eigenvalue weighted by molar-refractivity contribution is -0.109. The number of benzene rings is 2. The van der Waals surface area contributed by atoms with E-state index in [0.717, 1.165) is 29.4 Å². The van der Waals surface area contributed by atoms with Crippen LogP contribution in [0.1, 0.15) is 42.5 Å². The van der Waals surface area contributed by atoms with Crippen molar-refractivity contribution < 1.29 is 18.3 Å². The van der Waals surface area contributed by atoms with Gasteiger partial charge in [-0.3, -0.25) is 4.79 Å². The van der Waals surface area contributed by atoms with E-state index in [1.165, 1.54) is 6.07 Å². The molecule has 2 atom stereocenters. The number of halogens is 3. The number of pyridine rings is 1. The van der Waals surface area contributed by atoms with E-state index in [9.17, 15) is 13.6 Å². The number of nitrogens with one attached hydrogen (secondary N) is 1. The first-order chi connectivity index (χ1) is 15.9. The number of hydrogen-bond acceptors (Lipinski definition) is 4. The van der Waals surface area contributed by atoms with E-state index in [2.05, 4.69) is 5.32 Å². The summed E-state index contributed by atoms with van der Waals surface area (Å²) in [6, 6.07) is 13.8. The molecule has 33 heavy (non-hydrogen) atoms. The molecular formula is C25H26ClF2N3O2. The summed E-state index contributed by atoms with van der Waals surface area (Å²) in [5, 5.41) is 2.27. The highest BCUT2D eigenvalue weighted by Gasteiger charge is 2.29. The second-order valence-corrected chi connectivity index (χ2v) is 8.05. The number of fused-ring (bicyclic) bond motifs is 1. The zero-order valence-electron chi connectivity index (χ0n) is 18.4. The SMILES string of the molecule is CC1COc2c1cc(C(CN)c1ccccc1)nc2-c1cc(Cl)c(F)cc1F.CCNC=O. The molecule has 0 aliphatic carbocycles. The number of hydrogen-bond donors (Lipinski definition) is 2. The van der Waals surface area contributed by atoms with Crippen molar-refractivity contribution in [3.8, 4) is 17.0 Å². The molecule has 0 spiro atoms. The van der Waals surface area contributed by atoms with Gasteiger partial charge in [0.2, 0.25) is 6.41 Å². The van der Waals surface area contributed by atoms with Crippen molar-refractivity contribution >= 4 is 18.0 Å². The van der Waals surface area contributed by atoms with Crippen molar-refractivity contribution in [2.75, 3.05) is 19.7 Å². The molecule has 0 radical (unpaired) electrons. The zero-order chi connectivity index (χ0) is 24.0. The third-order valence-electron chi connectivity index (χ3n) is 5.38. The third-order valence-corrected chi connectivity index (χ3v) is 5.67. The van der Waals surface area contributed by atoms with E-state index in [1.807, 2.05) is 50.2 Å². The van der Waals surface area contributed by atoms with Gasteiger partial charge in [-0.1, -0.05) is 48.9 Å². The van der Waals surface area contributed by atoms with Crippen LogP contribution >= 0.6 is 11.6 Å². The third kappa shape index (κ3) is 5.49. The van der Waals surface area contributed by atoms with Crippen LogP contribution in [-0.4, -0.2) is 31.1 Å². The van der Waals surface area contributed by atoms with Gasteiger partial charge in [0, 0.05) is 42.1 Å². The lowest BCUT2D eigenvalue weighted by Gasteiger charge is -2.18. The molecule has 2 unspecified atom stereocenters. The van der Waals surface area contributed by atoms with Crippen LogP contribution in [0.3, 0.4) is 0 Å². The Morgan fingerprint density at radius 3 is 2.58 bits per heavy atom. The fourth-order valence-corrected chi connectivity index (χ4v) is 3.81. The maximum absolute atomic E-state index is 14.6. The van der Waals surface area contributed by atoms with Crippen LogP contribution < -0.4 is 15.8 Å². The minimum atomic E-state index is -0.811. The minimum Gasteiger partial charge on any atom is -0.490 e. The van der Waals surface area contributed by atoms with Crippen molar-refractivity contribution in [2.24, 2.45) is 5.73 Å². The fraction of sp³-hybridized carbons (Fsp3) is 0.280. The summed E-state index contributed by atoms with van der Waals surface area (Å²) in [7, 11) is 0. The number of ether oxygens (including phenoxy) is 1. The number of amides is 1. The zero-order valence-corrected chi connectivity index (χ0v) is 19.2. The van der Waals surface area contributed by atoms with Crippen molar-refractivity contribution in [1.29, 1.82) is 0 Å². The van der Waals surface area contributed by atoms with Crippen LogP contribution in [0.15, 0.2) is 48.5 Å². The predicted octanol–water partition coefficient (Wildman–Crippen LogP) is 5.02. The molecular weight excluding hydrogens is 448 g/mol. The number of rotatable bonds is 6. The van der Waals surface area contributed by atoms with Gasteiger partial charge in [-0.2, -0.15) is 0 Å². The van der Waals surface area contributed by atoms with E-state index in [-0.39, 0.29) is 22.4 Å². The molecule has 2 aromatic carbocycles. The van der Waals surface area contributed by atoms with Crippen LogP contribution in [0, 0.1) is 11.6 Å². The van der Waals surface area contributed by atoms with E-state index in [1.54, 1.807) is 0 Å². The Kier molecular flexibility index (Phi) is 8.36. The quantitative estimate of drug-likeness (QED) is 0.389. The standard InChI is InChI=1S/C22H19ClF2N2O.C3H7NO/c1-12-11-28-22-14(12)8-20(16(10-26)13-5-3-2-4-6-13)27-21(22)15-7-17(23)19(25)9-18(15)24;1-2-4-3-5/h2-9,12,16H,10-11,26H2,1H3;3H,2H2,1H3,(H,4,5). The van der Waals surface area contributed by atoms with Gasteiger partial charge in [0.25, 0.3) is 0 Å². The van der Waals surface area contributed by atoms with Crippen LogP contribution in [0.4, 0.5) is 8.78 Å². The normalized spacial score (nSPS) is 15.0. The van der Waals surface area contributed by atoms with Crippen LogP contribution in [0.5, 0.6) is 5.75 Å². The van der Waals surface area contributed by atoms with Crippen molar-refractivity contribution in [2.45, 2.75) is 25.7 Å². The number of nitrogens with zero attached hydrogens (tertiary/aromatic N) is 1. The topological polar surface area (TPSA) is 77.2 Å². The lowest BCUT2D eigenvalue weighted by Crippen LogP contribution is -2.16. The summed E-state index contributed by atoms with van der Waals surface area (Å²) in [6.07, 6.45) is 0.681. The van der Waals surface area contributed by atoms with Crippen molar-refractivity contribution in [3.05, 3.63) is 82.0 Å². The predicted molar refractivity (Wildman–Crippen MR) is 126 cm³/mol. The van der Waals surface area contributed by atoms with E-state index < -0.39 is 11.6 Å². The average Bonchev–Trinajstić information content (AvgIpc) is 3.19. The Labute approximate surface area is 196 Å². The van der Waals surface area contributed by atoms with Gasteiger partial charge in [0.1, 0.15) is 23.1 Å². The number of carbonyl (C=O) groups excluding carboxylic acids is 1. The summed E-state index contributed by atoms with van der Waals surface area (Å²) in [5.74, 6) is -1.06. The molecule has 3 aromatic rings. The number of nitrogens with two attached hydrogens (primary N) is 1. The highest BCUT2D eigenvalue weighted by atomic mass is 35.5. The molecule has 0 saturated carbocycles. The fourth-order valence-electron chi connectivity index (χ4n) is 3.65. The molecule has 4 rings (SSSR count). The van der Waals surface area contributed by atoms with Crippen molar-refractivity contribution in [1.82, 2.24) is 10.3 Å². The molecule has 1 aliphatic heterocycles. The first-order valence-electron chi connectivity index (χ1n) is 10.7. The number of aromatic nitrogens is 1. The Bertz CT molecular complexity index is 1110. The van der Waals surface area contributed by atoms with Gasteiger partial charge >= 0.3 is 0 Å². The van der Waals surface area contributed by atoms with E-state index in [0.29, 0.717) is 31.0 Å². The minimum absolute atomic E-state index is 0.113. The molecule has 0 saturated heterocycles. The Morgan fingerprint density at radius 1 is 1.24 bits per heavy atom. The Hall–Kier alpha value is -3.03. The van der Waals surface area contributed by atoms with Gasteiger partial charge in [0.15, 0.2) is 0 Å². The molecule has 2 heterocycles. The first-order valence-corrected chi connectivity index (χ1v) is 11.0. The molecule has 5 nitrogen and oxygen atoms in total. The largest absolute Gasteiger partial charge is 0.490 e. The van der Waals surface area contributed by atoms with Crippen LogP contribution in [0.2, 0.25) is 5.02 Å². The molecule has 174 valence electrons. The Morgan fingerprint density at radius 2 is 1.97 bits per heavy atom. The van der Waals surface area contributed by atoms with Crippen LogP contribution in [-0.2, 0) is 4.79 Å². The molecule has 1 aromatic heterocycles. The van der Waals surface area contributed by atoms with Gasteiger partial charge in [-0.15, -0.1) is 0 Å². The van der Waals surface area contributed by atoms with Gasteiger partial charge in [0.05, 0.1) is 17.3 Å². The molecule has 0 fully saturated rings. The molecule has 8 heteroatoms. The molecule has 0 bridgehead atoms. The maximum Gasteiger partial charge on any atom is 0.207 e. The second kappa shape index (κ2) is 11.2. The lowest BCUT2D eigenvalue weighted by atomic mass is 9.91. The number of carbonyl (C=O) groups is 1.